The molecule has 2 fully saturated rings. The van der Waals surface area contributed by atoms with Crippen molar-refractivity contribution < 1.29 is 14.3 Å². The molecule has 5 rings (SSSR count). The van der Waals surface area contributed by atoms with Crippen LogP contribution in [-0.4, -0.2) is 47.0 Å². The smallest absolute Gasteiger partial charge is 0.411 e. The average molecular weight is 447 g/mol. The van der Waals surface area contributed by atoms with Crippen LogP contribution in [0.2, 0.25) is 0 Å². The molecule has 2 unspecified atom stereocenters. The molecule has 1 aromatic heterocycles. The Labute approximate surface area is 170 Å². The summed E-state index contributed by atoms with van der Waals surface area (Å²) in [6.45, 7) is 1.33. The van der Waals surface area contributed by atoms with Crippen molar-refractivity contribution in [2.24, 2.45) is 0 Å². The number of halogens is 1. The first-order valence-electron chi connectivity index (χ1n) is 9.22. The first-order valence-corrected chi connectivity index (χ1v) is 10.9. The van der Waals surface area contributed by atoms with Crippen LogP contribution in [0.3, 0.4) is 0 Å². The highest BCUT2D eigenvalue weighted by atomic mass is 79.9. The van der Waals surface area contributed by atoms with E-state index in [0.717, 1.165) is 28.6 Å². The van der Waals surface area contributed by atoms with Gasteiger partial charge in [0.1, 0.15) is 11.0 Å². The van der Waals surface area contributed by atoms with Crippen LogP contribution in [0.4, 0.5) is 4.79 Å². The van der Waals surface area contributed by atoms with Crippen molar-refractivity contribution in [3.8, 4) is 0 Å². The number of thiophene rings is 1. The lowest BCUT2D eigenvalue weighted by Crippen LogP contribution is -2.47. The first-order chi connectivity index (χ1) is 13.1. The Hall–Kier alpha value is -1.86. The van der Waals surface area contributed by atoms with Crippen molar-refractivity contribution in [3.05, 3.63) is 56.2 Å². The molecule has 3 heterocycles. The number of nitrogens with zero attached hydrogens (tertiary/aromatic N) is 2. The molecular weight excluding hydrogens is 428 g/mol. The summed E-state index contributed by atoms with van der Waals surface area (Å²) in [6.07, 6.45) is 2.10. The predicted molar refractivity (Wildman–Crippen MR) is 106 cm³/mol. The summed E-state index contributed by atoms with van der Waals surface area (Å²) in [5.41, 5.74) is 2.49. The van der Waals surface area contributed by atoms with Crippen LogP contribution in [0.15, 0.2) is 40.2 Å². The molecule has 2 aromatic rings. The Kier molecular flexibility index (Phi) is 4.24. The normalized spacial score (nSPS) is 24.7. The van der Waals surface area contributed by atoms with E-state index >= 15 is 0 Å². The van der Waals surface area contributed by atoms with Crippen LogP contribution in [-0.2, 0) is 11.2 Å². The van der Waals surface area contributed by atoms with E-state index in [1.807, 2.05) is 33.4 Å². The molecule has 2 aliphatic heterocycles. The summed E-state index contributed by atoms with van der Waals surface area (Å²) in [7, 11) is 0. The maximum Gasteiger partial charge on any atom is 0.411 e. The van der Waals surface area contributed by atoms with Gasteiger partial charge in [-0.05, 0) is 51.3 Å². The van der Waals surface area contributed by atoms with Gasteiger partial charge in [0.15, 0.2) is 0 Å². The van der Waals surface area contributed by atoms with Gasteiger partial charge in [-0.25, -0.2) is 4.79 Å². The zero-order valence-corrected chi connectivity index (χ0v) is 17.0. The topological polar surface area (TPSA) is 49.9 Å². The molecule has 0 spiro atoms. The summed E-state index contributed by atoms with van der Waals surface area (Å²) in [5.74, 6) is 0.0726. The van der Waals surface area contributed by atoms with Crippen LogP contribution < -0.4 is 0 Å². The summed E-state index contributed by atoms with van der Waals surface area (Å²) < 4.78 is 6.54. The number of hydrogen-bond acceptors (Lipinski definition) is 4. The molecule has 140 valence electrons. The highest BCUT2D eigenvalue weighted by molar-refractivity contribution is 9.10. The number of carbonyl (C=O) groups is 2. The van der Waals surface area contributed by atoms with Gasteiger partial charge < -0.3 is 9.64 Å². The summed E-state index contributed by atoms with van der Waals surface area (Å²) in [6, 6.07) is 10.4. The number of hydrogen-bond donors (Lipinski definition) is 0. The fourth-order valence-electron chi connectivity index (χ4n) is 4.59. The Bertz CT molecular complexity index is 906. The third kappa shape index (κ3) is 2.79. The number of ether oxygens (including phenoxy) is 1. The molecule has 0 radical (unpaired) electrons. The minimum absolute atomic E-state index is 0.0207. The van der Waals surface area contributed by atoms with Crippen molar-refractivity contribution in [1.29, 1.82) is 0 Å². The number of benzene rings is 1. The minimum Gasteiger partial charge on any atom is -0.443 e. The molecule has 2 saturated heterocycles. The number of likely N-dealkylation sites (tertiary alicyclic amines) is 1. The maximum atomic E-state index is 12.7. The number of carbonyl (C=O) groups excluding carboxylic acids is 2. The second-order valence-corrected chi connectivity index (χ2v) is 9.07. The predicted octanol–water partition coefficient (Wildman–Crippen LogP) is 4.23. The third-order valence-corrected chi connectivity index (χ3v) is 7.69. The maximum absolute atomic E-state index is 12.7. The van der Waals surface area contributed by atoms with Gasteiger partial charge in [0, 0.05) is 30.0 Å². The van der Waals surface area contributed by atoms with Crippen LogP contribution >= 0.6 is 27.3 Å². The van der Waals surface area contributed by atoms with Gasteiger partial charge in [0.25, 0.3) is 5.91 Å². The van der Waals surface area contributed by atoms with Crippen LogP contribution in [0, 0.1) is 0 Å². The van der Waals surface area contributed by atoms with E-state index in [1.54, 1.807) is 0 Å². The molecule has 2 amide bonds. The first kappa shape index (κ1) is 17.3. The summed E-state index contributed by atoms with van der Waals surface area (Å²) in [5, 5.41) is 1.92. The second-order valence-electron chi connectivity index (χ2n) is 7.30. The quantitative estimate of drug-likeness (QED) is 0.693. The zero-order chi connectivity index (χ0) is 18.5. The molecule has 7 heteroatoms. The lowest BCUT2D eigenvalue weighted by Gasteiger charge is -2.37. The Morgan fingerprint density at radius 1 is 1.19 bits per heavy atom. The van der Waals surface area contributed by atoms with Crippen LogP contribution in [0.5, 0.6) is 0 Å². The van der Waals surface area contributed by atoms with Crippen molar-refractivity contribution in [3.63, 3.8) is 0 Å². The van der Waals surface area contributed by atoms with Crippen molar-refractivity contribution in [2.45, 2.75) is 37.5 Å². The van der Waals surface area contributed by atoms with Crippen LogP contribution in [0.1, 0.15) is 39.7 Å². The number of piperidine rings is 1. The van der Waals surface area contributed by atoms with Crippen LogP contribution in [0.25, 0.3) is 0 Å². The molecule has 27 heavy (non-hydrogen) atoms. The molecule has 3 aliphatic rings. The standard InChI is InChI=1S/C20H19BrN2O3S/c21-15-7-10-27-18(15)19(24)22-8-5-13(6-9-22)23-17-14-4-2-1-3-12(14)11-16(17)26-20(23)25/h1-4,7,10,13,16-17H,5-6,8-9,11H2. The van der Waals surface area contributed by atoms with E-state index in [9.17, 15) is 9.59 Å². The Morgan fingerprint density at radius 2 is 1.96 bits per heavy atom. The molecule has 1 aromatic carbocycles. The largest absolute Gasteiger partial charge is 0.443 e. The van der Waals surface area contributed by atoms with Gasteiger partial charge in [-0.2, -0.15) is 0 Å². The van der Waals surface area contributed by atoms with Gasteiger partial charge in [-0.3, -0.25) is 9.69 Å². The Balaban J connectivity index is 1.32. The number of rotatable bonds is 2. The second kappa shape index (κ2) is 6.63. The highest BCUT2D eigenvalue weighted by Gasteiger charge is 2.50. The van der Waals surface area contributed by atoms with Crippen molar-refractivity contribution in [1.82, 2.24) is 9.80 Å². The van der Waals surface area contributed by atoms with E-state index < -0.39 is 0 Å². The number of amides is 2. The van der Waals surface area contributed by atoms with Gasteiger partial charge in [-0.15, -0.1) is 11.3 Å². The number of fused-ring (bicyclic) bond motifs is 3. The van der Waals surface area contributed by atoms with E-state index in [-0.39, 0.29) is 30.2 Å². The van der Waals surface area contributed by atoms with E-state index in [1.165, 1.54) is 22.5 Å². The van der Waals surface area contributed by atoms with Crippen molar-refractivity contribution >= 4 is 39.3 Å². The monoisotopic (exact) mass is 446 g/mol. The van der Waals surface area contributed by atoms with Crippen molar-refractivity contribution in [2.75, 3.05) is 13.1 Å². The van der Waals surface area contributed by atoms with Gasteiger partial charge in [0.05, 0.1) is 6.04 Å². The molecule has 5 nitrogen and oxygen atoms in total. The molecule has 1 aliphatic carbocycles. The minimum atomic E-state index is -0.203. The molecule has 2 atom stereocenters. The SMILES string of the molecule is O=C(c1sccc1Br)N1CCC(N2C(=O)OC3Cc4ccccc4C32)CC1. The van der Waals surface area contributed by atoms with Gasteiger partial charge in [0.2, 0.25) is 0 Å². The zero-order valence-electron chi connectivity index (χ0n) is 14.6. The highest BCUT2D eigenvalue weighted by Crippen LogP contribution is 2.44. The molecule has 0 N–H and O–H groups in total. The summed E-state index contributed by atoms with van der Waals surface area (Å²) >= 11 is 4.91. The fraction of sp³-hybridized carbons (Fsp3) is 0.400. The van der Waals surface area contributed by atoms with Gasteiger partial charge in [-0.1, -0.05) is 24.3 Å². The van der Waals surface area contributed by atoms with E-state index in [0.29, 0.717) is 13.1 Å². The third-order valence-electron chi connectivity index (χ3n) is 5.87. The van der Waals surface area contributed by atoms with Gasteiger partial charge >= 0.3 is 6.09 Å². The molecule has 0 bridgehead atoms. The Morgan fingerprint density at radius 3 is 2.70 bits per heavy atom. The summed E-state index contributed by atoms with van der Waals surface area (Å²) in [4.78, 5) is 29.9. The molecular formula is C20H19BrN2O3S. The van der Waals surface area contributed by atoms with E-state index in [4.69, 9.17) is 4.74 Å². The molecule has 0 saturated carbocycles. The fourth-order valence-corrected chi connectivity index (χ4v) is 6.10. The average Bonchev–Trinajstić information content (AvgIpc) is 3.34. The lowest BCUT2D eigenvalue weighted by atomic mass is 9.99. The van der Waals surface area contributed by atoms with E-state index in [2.05, 4.69) is 28.1 Å². The lowest BCUT2D eigenvalue weighted by molar-refractivity contribution is 0.0639.